The molecule has 0 saturated heterocycles. The third-order valence-corrected chi connectivity index (χ3v) is 5.28. The van der Waals surface area contributed by atoms with Crippen LogP contribution in [0.5, 0.6) is 0 Å². The average molecular weight is 449 g/mol. The standard InChI is InChI=1S/C22H19N5O4S/c23-21-18(12-14-6-8-17(9-7-14)26-32(30)31)20(15-4-2-1-3-5-15)25-27(21)19-13-16(22(28)29)10-11-24-19/h1-11,13,32H,12,23H2,(H,28,29)(H,26,30,31). The SMILES string of the molecule is Nc1c(Cc2ccc(N[SH](=O)=O)cc2)c(-c2ccccc2)nn1-c1cc(C(=O)O)ccn1. The Morgan fingerprint density at radius 3 is 2.44 bits per heavy atom. The molecule has 0 fully saturated rings. The van der Waals surface area contributed by atoms with Crippen molar-refractivity contribution in [2.45, 2.75) is 6.42 Å². The number of carboxylic acids is 1. The summed E-state index contributed by atoms with van der Waals surface area (Å²) in [6.07, 6.45) is 1.83. The van der Waals surface area contributed by atoms with Crippen LogP contribution in [0.15, 0.2) is 72.9 Å². The highest BCUT2D eigenvalue weighted by atomic mass is 32.2. The van der Waals surface area contributed by atoms with Crippen molar-refractivity contribution in [3.8, 4) is 17.1 Å². The fourth-order valence-electron chi connectivity index (χ4n) is 3.31. The maximum atomic E-state index is 11.4. The van der Waals surface area contributed by atoms with Crippen molar-refractivity contribution in [1.29, 1.82) is 0 Å². The molecule has 0 aliphatic rings. The van der Waals surface area contributed by atoms with Gasteiger partial charge in [0.2, 0.25) is 10.9 Å². The minimum atomic E-state index is -2.74. The fraction of sp³-hybridized carbons (Fsp3) is 0.0455. The molecule has 0 atom stereocenters. The second-order valence-electron chi connectivity index (χ2n) is 6.94. The third-order valence-electron chi connectivity index (χ3n) is 4.84. The molecule has 4 aromatic rings. The van der Waals surface area contributed by atoms with Crippen LogP contribution in [0.25, 0.3) is 17.1 Å². The molecule has 162 valence electrons. The number of carbonyl (C=O) groups is 1. The molecule has 10 heteroatoms. The maximum Gasteiger partial charge on any atom is 0.335 e. The van der Waals surface area contributed by atoms with Crippen molar-refractivity contribution in [2.24, 2.45) is 0 Å². The van der Waals surface area contributed by atoms with Gasteiger partial charge < -0.3 is 10.8 Å². The first-order valence-electron chi connectivity index (χ1n) is 9.55. The Kier molecular flexibility index (Phi) is 5.86. The lowest BCUT2D eigenvalue weighted by molar-refractivity contribution is 0.0696. The van der Waals surface area contributed by atoms with Gasteiger partial charge in [-0.05, 0) is 29.8 Å². The summed E-state index contributed by atoms with van der Waals surface area (Å²) in [5.74, 6) is -0.440. The Morgan fingerprint density at radius 2 is 1.78 bits per heavy atom. The van der Waals surface area contributed by atoms with Gasteiger partial charge in [-0.1, -0.05) is 42.5 Å². The van der Waals surface area contributed by atoms with Gasteiger partial charge in [0, 0.05) is 29.4 Å². The summed E-state index contributed by atoms with van der Waals surface area (Å²) in [6, 6.07) is 19.3. The van der Waals surface area contributed by atoms with Crippen molar-refractivity contribution in [2.75, 3.05) is 10.5 Å². The Morgan fingerprint density at radius 1 is 1.06 bits per heavy atom. The minimum Gasteiger partial charge on any atom is -0.478 e. The lowest BCUT2D eigenvalue weighted by Crippen LogP contribution is -2.07. The Balaban J connectivity index is 1.78. The van der Waals surface area contributed by atoms with Gasteiger partial charge in [0.05, 0.1) is 11.3 Å². The molecule has 0 aliphatic carbocycles. The number of nitrogens with two attached hydrogens (primary N) is 1. The molecule has 0 radical (unpaired) electrons. The van der Waals surface area contributed by atoms with Crippen LogP contribution < -0.4 is 10.5 Å². The van der Waals surface area contributed by atoms with E-state index in [1.54, 1.807) is 24.3 Å². The van der Waals surface area contributed by atoms with Gasteiger partial charge in [-0.3, -0.25) is 4.72 Å². The van der Waals surface area contributed by atoms with E-state index in [2.05, 4.69) is 14.8 Å². The first kappa shape index (κ1) is 21.1. The van der Waals surface area contributed by atoms with Crippen molar-refractivity contribution in [3.63, 3.8) is 0 Å². The van der Waals surface area contributed by atoms with Crippen LogP contribution in [-0.2, 0) is 17.3 Å². The first-order valence-corrected chi connectivity index (χ1v) is 10.7. The van der Waals surface area contributed by atoms with E-state index >= 15 is 0 Å². The largest absolute Gasteiger partial charge is 0.478 e. The summed E-state index contributed by atoms with van der Waals surface area (Å²) >= 11 is 0. The van der Waals surface area contributed by atoms with E-state index in [0.717, 1.165) is 16.7 Å². The Labute approximate surface area is 185 Å². The topological polar surface area (TPSA) is 140 Å². The molecule has 2 aromatic heterocycles. The van der Waals surface area contributed by atoms with E-state index in [4.69, 9.17) is 5.73 Å². The lowest BCUT2D eigenvalue weighted by atomic mass is 10.0. The number of nitrogens with zero attached hydrogens (tertiary/aromatic N) is 3. The monoisotopic (exact) mass is 449 g/mol. The number of rotatable bonds is 7. The normalized spacial score (nSPS) is 10.9. The molecular formula is C22H19N5O4S. The molecule has 4 rings (SSSR count). The number of aromatic carboxylic acids is 1. The van der Waals surface area contributed by atoms with Crippen molar-refractivity contribution in [1.82, 2.24) is 14.8 Å². The molecule has 0 spiro atoms. The summed E-state index contributed by atoms with van der Waals surface area (Å²) in [5, 5.41) is 14.0. The number of nitrogens with one attached hydrogen (secondary N) is 1. The number of pyridine rings is 1. The lowest BCUT2D eigenvalue weighted by Gasteiger charge is -2.07. The Bertz CT molecular complexity index is 1340. The van der Waals surface area contributed by atoms with Gasteiger partial charge in [-0.2, -0.15) is 9.78 Å². The number of aromatic nitrogens is 3. The number of carboxylic acid groups (broad SMARTS) is 1. The number of hydrogen-bond donors (Lipinski definition) is 4. The fourth-order valence-corrected chi connectivity index (χ4v) is 3.67. The summed E-state index contributed by atoms with van der Waals surface area (Å²) in [6.45, 7) is 0. The second-order valence-corrected chi connectivity index (χ2v) is 7.68. The quantitative estimate of drug-likeness (QED) is 0.318. The molecule has 32 heavy (non-hydrogen) atoms. The molecule has 0 amide bonds. The van der Waals surface area contributed by atoms with E-state index in [1.807, 2.05) is 30.3 Å². The van der Waals surface area contributed by atoms with Crippen LogP contribution >= 0.6 is 0 Å². The first-order chi connectivity index (χ1) is 15.4. The summed E-state index contributed by atoms with van der Waals surface area (Å²) in [7, 11) is -2.74. The highest BCUT2D eigenvalue weighted by molar-refractivity contribution is 7.73. The minimum absolute atomic E-state index is 0.0764. The second kappa shape index (κ2) is 8.90. The smallest absolute Gasteiger partial charge is 0.335 e. The zero-order valence-electron chi connectivity index (χ0n) is 16.7. The molecule has 4 N–H and O–H groups in total. The van der Waals surface area contributed by atoms with Gasteiger partial charge in [0.1, 0.15) is 5.82 Å². The van der Waals surface area contributed by atoms with Crippen LogP contribution in [0.3, 0.4) is 0 Å². The molecule has 2 aromatic carbocycles. The van der Waals surface area contributed by atoms with Gasteiger partial charge in [0.25, 0.3) is 0 Å². The van der Waals surface area contributed by atoms with E-state index in [9.17, 15) is 18.3 Å². The highest BCUT2D eigenvalue weighted by Gasteiger charge is 2.20. The van der Waals surface area contributed by atoms with Gasteiger partial charge in [-0.25, -0.2) is 18.2 Å². The number of thiol groups is 1. The number of anilines is 2. The molecule has 2 heterocycles. The maximum absolute atomic E-state index is 11.4. The number of hydrogen-bond acceptors (Lipinski definition) is 6. The van der Waals surface area contributed by atoms with E-state index in [1.165, 1.54) is 23.0 Å². The molecule has 0 aliphatic heterocycles. The molecular weight excluding hydrogens is 430 g/mol. The zero-order chi connectivity index (χ0) is 22.7. The van der Waals surface area contributed by atoms with Gasteiger partial charge in [-0.15, -0.1) is 0 Å². The van der Waals surface area contributed by atoms with Crippen LogP contribution in [0.4, 0.5) is 11.5 Å². The zero-order valence-corrected chi connectivity index (χ0v) is 17.6. The number of benzene rings is 2. The van der Waals surface area contributed by atoms with E-state index in [-0.39, 0.29) is 5.56 Å². The Hall–Kier alpha value is -4.18. The highest BCUT2D eigenvalue weighted by Crippen LogP contribution is 2.31. The molecule has 0 unspecified atom stereocenters. The molecule has 0 bridgehead atoms. The van der Waals surface area contributed by atoms with Gasteiger partial charge in [0.15, 0.2) is 5.82 Å². The van der Waals surface area contributed by atoms with Crippen LogP contribution in [-0.4, -0.2) is 34.3 Å². The summed E-state index contributed by atoms with van der Waals surface area (Å²) < 4.78 is 25.5. The average Bonchev–Trinajstić information content (AvgIpc) is 3.11. The van der Waals surface area contributed by atoms with Crippen molar-refractivity contribution in [3.05, 3.63) is 89.6 Å². The van der Waals surface area contributed by atoms with Gasteiger partial charge >= 0.3 is 5.97 Å². The predicted molar refractivity (Wildman–Crippen MR) is 121 cm³/mol. The van der Waals surface area contributed by atoms with Crippen LogP contribution in [0.1, 0.15) is 21.5 Å². The molecule has 9 nitrogen and oxygen atoms in total. The predicted octanol–water partition coefficient (Wildman–Crippen LogP) is 2.74. The van der Waals surface area contributed by atoms with Crippen LogP contribution in [0.2, 0.25) is 0 Å². The third kappa shape index (κ3) is 4.44. The molecule has 0 saturated carbocycles. The number of nitrogen functional groups attached to an aromatic ring is 1. The summed E-state index contributed by atoms with van der Waals surface area (Å²) in [5.41, 5.74) is 10.1. The van der Waals surface area contributed by atoms with Crippen molar-refractivity contribution >= 4 is 28.4 Å². The van der Waals surface area contributed by atoms with Crippen LogP contribution in [0, 0.1) is 0 Å². The van der Waals surface area contributed by atoms with E-state index in [0.29, 0.717) is 29.4 Å². The van der Waals surface area contributed by atoms with E-state index < -0.39 is 16.9 Å². The van der Waals surface area contributed by atoms with Crippen molar-refractivity contribution < 1.29 is 18.3 Å². The summed E-state index contributed by atoms with van der Waals surface area (Å²) in [4.78, 5) is 15.6.